The number of morpholine rings is 1. The first-order valence-corrected chi connectivity index (χ1v) is 6.30. The summed E-state index contributed by atoms with van der Waals surface area (Å²) in [5.41, 5.74) is 0. The van der Waals surface area contributed by atoms with Gasteiger partial charge in [0.15, 0.2) is 0 Å². The quantitative estimate of drug-likeness (QED) is 0.550. The molecule has 0 aromatic carbocycles. The van der Waals surface area contributed by atoms with Gasteiger partial charge in [-0.25, -0.2) is 0 Å². The third kappa shape index (κ3) is 2.38. The Morgan fingerprint density at radius 1 is 1.44 bits per heavy atom. The summed E-state index contributed by atoms with van der Waals surface area (Å²) >= 11 is 0. The van der Waals surface area contributed by atoms with Gasteiger partial charge in [0.25, 0.3) is 0 Å². The van der Waals surface area contributed by atoms with Crippen LogP contribution in [0.2, 0.25) is 0 Å². The third-order valence-electron chi connectivity index (χ3n) is 3.76. The molecule has 2 N–H and O–H groups in total. The molecule has 4 nitrogen and oxygen atoms in total. The van der Waals surface area contributed by atoms with E-state index in [1.54, 1.807) is 0 Å². The monoisotopic (exact) mass is 226 g/mol. The number of hydrogen-bond donors (Lipinski definition) is 2. The van der Waals surface area contributed by atoms with Crippen molar-refractivity contribution in [3.8, 4) is 0 Å². The minimum atomic E-state index is -0.113. The van der Waals surface area contributed by atoms with Gasteiger partial charge in [-0.1, -0.05) is 12.8 Å². The molecule has 0 spiro atoms. The number of rotatable bonds is 2. The summed E-state index contributed by atoms with van der Waals surface area (Å²) in [5, 5.41) is 17.4. The van der Waals surface area contributed by atoms with Gasteiger partial charge in [0, 0.05) is 12.5 Å². The molecule has 0 radical (unpaired) electrons. The molecule has 92 valence electrons. The molecule has 0 amide bonds. The maximum absolute atomic E-state index is 9.12. The predicted molar refractivity (Wildman–Crippen MR) is 62.7 cm³/mol. The van der Waals surface area contributed by atoms with E-state index in [-0.39, 0.29) is 18.8 Å². The maximum Gasteiger partial charge on any atom is 0.0993 e. The predicted octanol–water partition coefficient (Wildman–Crippen LogP) is 1.24. The van der Waals surface area contributed by atoms with Crippen molar-refractivity contribution in [1.82, 2.24) is 4.90 Å². The highest BCUT2D eigenvalue weighted by Gasteiger charge is 2.31. The van der Waals surface area contributed by atoms with Crippen LogP contribution in [0.5, 0.6) is 0 Å². The van der Waals surface area contributed by atoms with Crippen LogP contribution in [0.1, 0.15) is 32.6 Å². The molecule has 4 heteroatoms. The molecule has 1 saturated heterocycles. The maximum atomic E-state index is 9.12. The Morgan fingerprint density at radius 3 is 2.75 bits per heavy atom. The molecule has 2 fully saturated rings. The van der Waals surface area contributed by atoms with Crippen LogP contribution in [0.15, 0.2) is 0 Å². The SMILES string of the molecule is CC1COC(CO)CN1C(=N)C1CCCC1. The van der Waals surface area contributed by atoms with Gasteiger partial charge in [-0.2, -0.15) is 0 Å². The van der Waals surface area contributed by atoms with Crippen molar-refractivity contribution < 1.29 is 9.84 Å². The Balaban J connectivity index is 1.97. The topological polar surface area (TPSA) is 56.6 Å². The fraction of sp³-hybridized carbons (Fsp3) is 0.917. The van der Waals surface area contributed by atoms with Crippen molar-refractivity contribution in [3.05, 3.63) is 0 Å². The molecule has 2 rings (SSSR count). The van der Waals surface area contributed by atoms with Crippen LogP contribution in [-0.2, 0) is 4.74 Å². The summed E-state index contributed by atoms with van der Waals surface area (Å²) in [7, 11) is 0. The first kappa shape index (κ1) is 11.9. The molecule has 1 heterocycles. The fourth-order valence-electron chi connectivity index (χ4n) is 2.70. The van der Waals surface area contributed by atoms with Crippen LogP contribution < -0.4 is 0 Å². The van der Waals surface area contributed by atoms with Gasteiger partial charge in [-0.05, 0) is 19.8 Å². The number of nitrogens with zero attached hydrogens (tertiary/aromatic N) is 1. The van der Waals surface area contributed by atoms with Crippen molar-refractivity contribution >= 4 is 5.84 Å². The number of nitrogens with one attached hydrogen (secondary N) is 1. The van der Waals surface area contributed by atoms with E-state index in [2.05, 4.69) is 11.8 Å². The lowest BCUT2D eigenvalue weighted by molar-refractivity contribution is -0.0575. The van der Waals surface area contributed by atoms with E-state index in [4.69, 9.17) is 15.3 Å². The second kappa shape index (κ2) is 5.15. The molecular formula is C12H22N2O2. The van der Waals surface area contributed by atoms with Crippen LogP contribution in [0.3, 0.4) is 0 Å². The fourth-order valence-corrected chi connectivity index (χ4v) is 2.70. The zero-order valence-corrected chi connectivity index (χ0v) is 9.98. The molecule has 2 atom stereocenters. The molecule has 1 aliphatic carbocycles. The minimum Gasteiger partial charge on any atom is -0.394 e. The van der Waals surface area contributed by atoms with Gasteiger partial charge in [0.05, 0.1) is 31.2 Å². The Bertz CT molecular complexity index is 251. The smallest absolute Gasteiger partial charge is 0.0993 e. The molecule has 0 aromatic rings. The van der Waals surface area contributed by atoms with Crippen LogP contribution in [-0.4, -0.2) is 47.7 Å². The van der Waals surface area contributed by atoms with Gasteiger partial charge in [0.1, 0.15) is 0 Å². The van der Waals surface area contributed by atoms with Gasteiger partial charge in [0.2, 0.25) is 0 Å². The highest BCUT2D eigenvalue weighted by molar-refractivity contribution is 5.82. The highest BCUT2D eigenvalue weighted by Crippen LogP contribution is 2.28. The van der Waals surface area contributed by atoms with Crippen molar-refractivity contribution in [1.29, 1.82) is 5.41 Å². The largest absolute Gasteiger partial charge is 0.394 e. The zero-order chi connectivity index (χ0) is 11.5. The lowest BCUT2D eigenvalue weighted by Crippen LogP contribution is -2.53. The van der Waals surface area contributed by atoms with Crippen LogP contribution in [0.4, 0.5) is 0 Å². The van der Waals surface area contributed by atoms with E-state index in [0.717, 1.165) is 18.7 Å². The number of aliphatic hydroxyl groups excluding tert-OH is 1. The lowest BCUT2D eigenvalue weighted by Gasteiger charge is -2.40. The average Bonchev–Trinajstić information content (AvgIpc) is 2.82. The van der Waals surface area contributed by atoms with E-state index < -0.39 is 0 Å². The standard InChI is InChI=1S/C12H22N2O2/c1-9-8-16-11(7-15)6-14(9)12(13)10-4-2-3-5-10/h9-11,13,15H,2-8H2,1H3. The van der Waals surface area contributed by atoms with E-state index in [1.807, 2.05) is 0 Å². The first-order chi connectivity index (χ1) is 7.72. The lowest BCUT2D eigenvalue weighted by atomic mass is 10.0. The van der Waals surface area contributed by atoms with Crippen molar-refractivity contribution in [2.24, 2.45) is 5.92 Å². The summed E-state index contributed by atoms with van der Waals surface area (Å²) in [6, 6.07) is 0.274. The second-order valence-corrected chi connectivity index (χ2v) is 5.01. The summed E-state index contributed by atoms with van der Waals surface area (Å²) in [6.07, 6.45) is 4.72. The summed E-state index contributed by atoms with van der Waals surface area (Å²) < 4.78 is 5.49. The molecule has 16 heavy (non-hydrogen) atoms. The van der Waals surface area contributed by atoms with Crippen molar-refractivity contribution in [2.45, 2.75) is 44.8 Å². The molecule has 1 aliphatic heterocycles. The number of hydrogen-bond acceptors (Lipinski definition) is 3. The summed E-state index contributed by atoms with van der Waals surface area (Å²) in [6.45, 7) is 3.45. The van der Waals surface area contributed by atoms with E-state index >= 15 is 0 Å². The first-order valence-electron chi connectivity index (χ1n) is 6.30. The number of aliphatic hydroxyl groups is 1. The molecule has 2 aliphatic rings. The van der Waals surface area contributed by atoms with Crippen molar-refractivity contribution in [3.63, 3.8) is 0 Å². The van der Waals surface area contributed by atoms with Gasteiger partial charge < -0.3 is 14.7 Å². The van der Waals surface area contributed by atoms with Gasteiger partial charge >= 0.3 is 0 Å². The molecule has 0 aromatic heterocycles. The summed E-state index contributed by atoms with van der Waals surface area (Å²) in [4.78, 5) is 2.13. The average molecular weight is 226 g/mol. The summed E-state index contributed by atoms with van der Waals surface area (Å²) in [5.74, 6) is 1.21. The highest BCUT2D eigenvalue weighted by atomic mass is 16.5. The Labute approximate surface area is 97.1 Å². The number of amidine groups is 1. The van der Waals surface area contributed by atoms with Crippen LogP contribution in [0, 0.1) is 11.3 Å². The molecular weight excluding hydrogens is 204 g/mol. The van der Waals surface area contributed by atoms with E-state index in [9.17, 15) is 0 Å². The Kier molecular flexibility index (Phi) is 3.82. The molecule has 2 unspecified atom stereocenters. The zero-order valence-electron chi connectivity index (χ0n) is 9.98. The molecule has 1 saturated carbocycles. The number of ether oxygens (including phenoxy) is 1. The van der Waals surface area contributed by atoms with E-state index in [0.29, 0.717) is 19.1 Å². The molecule has 0 bridgehead atoms. The normalized spacial score (nSPS) is 32.0. The Morgan fingerprint density at radius 2 is 2.12 bits per heavy atom. The third-order valence-corrected chi connectivity index (χ3v) is 3.76. The minimum absolute atomic E-state index is 0.0567. The van der Waals surface area contributed by atoms with Crippen LogP contribution in [0.25, 0.3) is 0 Å². The Hall–Kier alpha value is -0.610. The van der Waals surface area contributed by atoms with Crippen molar-refractivity contribution in [2.75, 3.05) is 19.8 Å². The van der Waals surface area contributed by atoms with Gasteiger partial charge in [-0.3, -0.25) is 5.41 Å². The van der Waals surface area contributed by atoms with Gasteiger partial charge in [-0.15, -0.1) is 0 Å². The van der Waals surface area contributed by atoms with E-state index in [1.165, 1.54) is 12.8 Å². The van der Waals surface area contributed by atoms with Crippen LogP contribution >= 0.6 is 0 Å². The second-order valence-electron chi connectivity index (χ2n) is 5.01.